The molecule has 6 heteroatoms. The topological polar surface area (TPSA) is 74.7 Å². The van der Waals surface area contributed by atoms with Gasteiger partial charge < -0.3 is 5.11 Å². The van der Waals surface area contributed by atoms with Gasteiger partial charge in [0.1, 0.15) is 10.9 Å². The Morgan fingerprint density at radius 1 is 0.839 bits per heavy atom. The highest BCUT2D eigenvalue weighted by Gasteiger charge is 2.47. The third-order valence-corrected chi connectivity index (χ3v) is 7.35. The number of benzene rings is 3. The molecular weight excluding hydrogens is 410 g/mol. The summed E-state index contributed by atoms with van der Waals surface area (Å²) in [7, 11) is -4.11. The summed E-state index contributed by atoms with van der Waals surface area (Å²) in [5.41, 5.74) is 2.22. The number of rotatable bonds is 5. The Hall–Kier alpha value is -3.38. The maximum absolute atomic E-state index is 13.5. The molecule has 1 heterocycles. The molecule has 0 radical (unpaired) electrons. The van der Waals surface area contributed by atoms with Gasteiger partial charge in [0.15, 0.2) is 5.76 Å². The van der Waals surface area contributed by atoms with Gasteiger partial charge in [0.25, 0.3) is 5.91 Å². The van der Waals surface area contributed by atoms with Crippen LogP contribution in [0, 0.1) is 0 Å². The maximum atomic E-state index is 13.5. The van der Waals surface area contributed by atoms with Gasteiger partial charge in [-0.15, -0.1) is 0 Å². The minimum absolute atomic E-state index is 0.0299. The number of aliphatic hydroxyl groups is 1. The second kappa shape index (κ2) is 8.04. The first kappa shape index (κ1) is 20.9. The fourth-order valence-corrected chi connectivity index (χ4v) is 5.45. The number of amides is 1. The monoisotopic (exact) mass is 433 g/mol. The highest BCUT2D eigenvalue weighted by atomic mass is 32.2. The number of nitrogens with zero attached hydrogens (tertiary/aromatic N) is 1. The van der Waals surface area contributed by atoms with Crippen LogP contribution in [-0.4, -0.2) is 19.4 Å². The Labute approximate surface area is 182 Å². The Morgan fingerprint density at radius 2 is 1.39 bits per heavy atom. The minimum atomic E-state index is -4.11. The fourth-order valence-electron chi connectivity index (χ4n) is 3.81. The normalized spacial score (nSPS) is 16.9. The third kappa shape index (κ3) is 3.64. The standard InChI is InChI=1S/C25H23NO4S/c1-17(2)18-13-15-20(16-14-18)26-22(19-9-5-3-6-10-19)24(23(27)25(26)28)31(29,30)21-11-7-4-8-12-21/h3-17,22,27H,1-2H3/t22-/m1/s1. The molecule has 0 saturated heterocycles. The van der Waals surface area contributed by atoms with Crippen LogP contribution in [0.15, 0.2) is 100 Å². The number of sulfone groups is 1. The van der Waals surface area contributed by atoms with Crippen molar-refractivity contribution in [2.75, 3.05) is 4.90 Å². The van der Waals surface area contributed by atoms with Crippen molar-refractivity contribution in [3.8, 4) is 0 Å². The molecule has 31 heavy (non-hydrogen) atoms. The Morgan fingerprint density at radius 3 is 1.94 bits per heavy atom. The van der Waals surface area contributed by atoms with E-state index in [1.165, 1.54) is 17.0 Å². The van der Waals surface area contributed by atoms with Crippen LogP contribution in [0.4, 0.5) is 5.69 Å². The zero-order valence-electron chi connectivity index (χ0n) is 17.3. The highest BCUT2D eigenvalue weighted by Crippen LogP contribution is 2.44. The van der Waals surface area contributed by atoms with E-state index in [1.54, 1.807) is 54.6 Å². The Bertz CT molecular complexity index is 1230. The van der Waals surface area contributed by atoms with Gasteiger partial charge in [-0.1, -0.05) is 74.5 Å². The van der Waals surface area contributed by atoms with E-state index in [-0.39, 0.29) is 9.80 Å². The molecule has 4 rings (SSSR count). The minimum Gasteiger partial charge on any atom is -0.502 e. The number of carbonyl (C=O) groups is 1. The van der Waals surface area contributed by atoms with Crippen LogP contribution >= 0.6 is 0 Å². The molecule has 0 bridgehead atoms. The van der Waals surface area contributed by atoms with Crippen molar-refractivity contribution in [2.45, 2.75) is 30.7 Å². The van der Waals surface area contributed by atoms with E-state index in [4.69, 9.17) is 0 Å². The van der Waals surface area contributed by atoms with Crippen molar-refractivity contribution < 1.29 is 18.3 Å². The predicted molar refractivity (Wildman–Crippen MR) is 120 cm³/mol. The summed E-state index contributed by atoms with van der Waals surface area (Å²) in [5, 5.41) is 10.8. The lowest BCUT2D eigenvalue weighted by atomic mass is 10.0. The van der Waals surface area contributed by atoms with Crippen LogP contribution in [0.5, 0.6) is 0 Å². The van der Waals surface area contributed by atoms with Crippen LogP contribution in [0.1, 0.15) is 36.9 Å². The molecule has 3 aromatic carbocycles. The van der Waals surface area contributed by atoms with Gasteiger partial charge >= 0.3 is 0 Å². The molecule has 0 spiro atoms. The van der Waals surface area contributed by atoms with E-state index in [9.17, 15) is 18.3 Å². The zero-order chi connectivity index (χ0) is 22.2. The van der Waals surface area contributed by atoms with E-state index < -0.39 is 27.5 Å². The lowest BCUT2D eigenvalue weighted by Gasteiger charge is -2.27. The smallest absolute Gasteiger partial charge is 0.295 e. The molecule has 0 unspecified atom stereocenters. The summed E-state index contributed by atoms with van der Waals surface area (Å²) >= 11 is 0. The van der Waals surface area contributed by atoms with Gasteiger partial charge in [0.05, 0.1) is 4.90 Å². The van der Waals surface area contributed by atoms with Crippen LogP contribution in [-0.2, 0) is 14.6 Å². The van der Waals surface area contributed by atoms with Crippen molar-refractivity contribution >= 4 is 21.4 Å². The van der Waals surface area contributed by atoms with Gasteiger partial charge in [-0.3, -0.25) is 9.69 Å². The number of hydrogen-bond donors (Lipinski definition) is 1. The number of hydrogen-bond acceptors (Lipinski definition) is 4. The molecule has 1 amide bonds. The molecule has 1 aliphatic rings. The quantitative estimate of drug-likeness (QED) is 0.604. The molecule has 0 fully saturated rings. The number of carbonyl (C=O) groups excluding carboxylic acids is 1. The molecule has 1 atom stereocenters. The Kier molecular flexibility index (Phi) is 5.41. The molecule has 0 saturated carbocycles. The lowest BCUT2D eigenvalue weighted by molar-refractivity contribution is -0.117. The summed E-state index contributed by atoms with van der Waals surface area (Å²) in [5.74, 6) is -1.17. The van der Waals surface area contributed by atoms with E-state index in [2.05, 4.69) is 13.8 Å². The van der Waals surface area contributed by atoms with Gasteiger partial charge in [0.2, 0.25) is 9.84 Å². The first-order valence-electron chi connectivity index (χ1n) is 10.0. The average molecular weight is 434 g/mol. The first-order chi connectivity index (χ1) is 14.8. The van der Waals surface area contributed by atoms with Gasteiger partial charge in [-0.2, -0.15) is 0 Å². The summed E-state index contributed by atoms with van der Waals surface area (Å²) < 4.78 is 27.0. The van der Waals surface area contributed by atoms with Gasteiger partial charge in [-0.05, 0) is 41.3 Å². The van der Waals surface area contributed by atoms with E-state index in [1.807, 2.05) is 18.2 Å². The van der Waals surface area contributed by atoms with Crippen molar-refractivity contribution in [1.82, 2.24) is 0 Å². The van der Waals surface area contributed by atoms with Crippen LogP contribution in [0.2, 0.25) is 0 Å². The van der Waals surface area contributed by atoms with Crippen molar-refractivity contribution in [3.63, 3.8) is 0 Å². The van der Waals surface area contributed by atoms with E-state index >= 15 is 0 Å². The van der Waals surface area contributed by atoms with Gasteiger partial charge in [0, 0.05) is 5.69 Å². The third-order valence-electron chi connectivity index (χ3n) is 5.46. The van der Waals surface area contributed by atoms with Crippen LogP contribution in [0.3, 0.4) is 0 Å². The van der Waals surface area contributed by atoms with Gasteiger partial charge in [-0.25, -0.2) is 8.42 Å². The zero-order valence-corrected chi connectivity index (χ0v) is 18.1. The first-order valence-corrected chi connectivity index (χ1v) is 11.5. The van der Waals surface area contributed by atoms with E-state index in [0.717, 1.165) is 5.56 Å². The molecular formula is C25H23NO4S. The lowest BCUT2D eigenvalue weighted by Crippen LogP contribution is -2.31. The summed E-state index contributed by atoms with van der Waals surface area (Å²) in [6.45, 7) is 4.14. The number of aliphatic hydroxyl groups excluding tert-OH is 1. The number of anilines is 1. The highest BCUT2D eigenvalue weighted by molar-refractivity contribution is 7.95. The predicted octanol–water partition coefficient (Wildman–Crippen LogP) is 5.14. The molecule has 5 nitrogen and oxygen atoms in total. The molecule has 1 N–H and O–H groups in total. The van der Waals surface area contributed by atoms with Crippen molar-refractivity contribution in [1.29, 1.82) is 0 Å². The van der Waals surface area contributed by atoms with E-state index in [0.29, 0.717) is 17.2 Å². The second-order valence-corrected chi connectivity index (χ2v) is 9.68. The molecule has 158 valence electrons. The maximum Gasteiger partial charge on any atom is 0.295 e. The largest absolute Gasteiger partial charge is 0.502 e. The average Bonchev–Trinajstić information content (AvgIpc) is 3.06. The molecule has 0 aromatic heterocycles. The molecule has 1 aliphatic heterocycles. The Balaban J connectivity index is 1.90. The van der Waals surface area contributed by atoms with Crippen LogP contribution in [0.25, 0.3) is 0 Å². The van der Waals surface area contributed by atoms with Crippen LogP contribution < -0.4 is 4.90 Å². The second-order valence-electron chi connectivity index (χ2n) is 7.76. The van der Waals surface area contributed by atoms with Crippen molar-refractivity contribution in [3.05, 3.63) is 107 Å². The summed E-state index contributed by atoms with van der Waals surface area (Å²) in [6.07, 6.45) is 0. The summed E-state index contributed by atoms with van der Waals surface area (Å²) in [6, 6.07) is 23.2. The molecule has 0 aliphatic carbocycles. The summed E-state index contributed by atoms with van der Waals surface area (Å²) in [4.78, 5) is 14.2. The van der Waals surface area contributed by atoms with Crippen molar-refractivity contribution in [2.24, 2.45) is 0 Å². The SMILES string of the molecule is CC(C)c1ccc(N2C(=O)C(O)=C(S(=O)(=O)c3ccccc3)[C@H]2c2ccccc2)cc1. The molecule has 3 aromatic rings. The fraction of sp³-hybridized carbons (Fsp3) is 0.160.